The van der Waals surface area contributed by atoms with Crippen LogP contribution in [-0.2, 0) is 6.42 Å². The fraction of sp³-hybridized carbons (Fsp3) is 0.250. The third kappa shape index (κ3) is 3.65. The number of aryl methyl sites for hydroxylation is 2. The van der Waals surface area contributed by atoms with Crippen molar-refractivity contribution in [3.8, 4) is 11.5 Å². The van der Waals surface area contributed by atoms with Gasteiger partial charge in [0.15, 0.2) is 0 Å². The Bertz CT molecular complexity index is 579. The summed E-state index contributed by atoms with van der Waals surface area (Å²) in [4.78, 5) is 0. The minimum Gasteiger partial charge on any atom is -0.508 e. The molecule has 2 nitrogen and oxygen atoms in total. The highest BCUT2D eigenvalue weighted by Crippen LogP contribution is 2.25. The van der Waals surface area contributed by atoms with E-state index >= 15 is 0 Å². The smallest absolute Gasteiger partial charge is 0.122 e. The van der Waals surface area contributed by atoms with Crippen LogP contribution in [0.5, 0.6) is 11.5 Å². The number of phenolic OH excluding ortho intramolecular Hbond substituents is 1. The first-order valence-corrected chi connectivity index (χ1v) is 6.61. The molecule has 0 aromatic heterocycles. The summed E-state index contributed by atoms with van der Waals surface area (Å²) in [5.41, 5.74) is 3.49. The van der Waals surface area contributed by atoms with Crippen LogP contribution in [0.25, 0.3) is 0 Å². The van der Waals surface area contributed by atoms with Gasteiger partial charge in [0.05, 0.1) is 6.61 Å². The number of benzene rings is 2. The lowest BCUT2D eigenvalue weighted by Crippen LogP contribution is -1.85. The molecule has 0 saturated carbocycles. The third-order valence-corrected chi connectivity index (χ3v) is 3.24. The average Bonchev–Trinajstić information content (AvgIpc) is 2.82. The van der Waals surface area contributed by atoms with Crippen molar-refractivity contribution in [2.45, 2.75) is 20.3 Å². The molecule has 0 amide bonds. The zero-order chi connectivity index (χ0) is 13.8. The van der Waals surface area contributed by atoms with E-state index in [0.717, 1.165) is 24.3 Å². The van der Waals surface area contributed by atoms with Gasteiger partial charge in [0.25, 0.3) is 0 Å². The zero-order valence-electron chi connectivity index (χ0n) is 11.1. The molecule has 3 heteroatoms. The van der Waals surface area contributed by atoms with Gasteiger partial charge in [-0.2, -0.15) is 0 Å². The Morgan fingerprint density at radius 1 is 1.11 bits per heavy atom. The van der Waals surface area contributed by atoms with Gasteiger partial charge >= 0.3 is 0 Å². The zero-order valence-corrected chi connectivity index (χ0v) is 11.9. The highest BCUT2D eigenvalue weighted by Gasteiger charge is 2.09. The summed E-state index contributed by atoms with van der Waals surface area (Å²) in [5, 5.41) is 9.64. The van der Waals surface area contributed by atoms with E-state index in [1.807, 2.05) is 0 Å². The summed E-state index contributed by atoms with van der Waals surface area (Å²) < 4.78 is 5.35. The van der Waals surface area contributed by atoms with E-state index in [1.54, 1.807) is 25.1 Å². The van der Waals surface area contributed by atoms with Crippen molar-refractivity contribution in [3.05, 3.63) is 58.1 Å². The Morgan fingerprint density at radius 3 is 2.58 bits per heavy atom. The van der Waals surface area contributed by atoms with Crippen LogP contribution in [0.3, 0.4) is 0 Å². The molecule has 1 aliphatic rings. The van der Waals surface area contributed by atoms with Crippen LogP contribution in [0.15, 0.2) is 36.4 Å². The third-order valence-electron chi connectivity index (χ3n) is 3.00. The standard InChI is InChI=1S/C9H10O.C7H7ClO/c1-7-2-3-9-8(6-7)4-5-10-9;1-5-4-6(8)2-3-7(5)9/h2-3,6H,4-5H2,1H3;2-4,9H,1H3. The quantitative estimate of drug-likeness (QED) is 0.778. The van der Waals surface area contributed by atoms with Crippen molar-refractivity contribution < 1.29 is 9.84 Å². The minimum absolute atomic E-state index is 0.291. The lowest BCUT2D eigenvalue weighted by Gasteiger charge is -1.97. The molecule has 1 heterocycles. The van der Waals surface area contributed by atoms with Gasteiger partial charge in [0, 0.05) is 11.4 Å². The maximum Gasteiger partial charge on any atom is 0.122 e. The molecule has 1 aliphatic heterocycles. The van der Waals surface area contributed by atoms with Gasteiger partial charge in [0.2, 0.25) is 0 Å². The molecule has 0 bridgehead atoms. The van der Waals surface area contributed by atoms with Gasteiger partial charge < -0.3 is 9.84 Å². The Hall–Kier alpha value is -1.67. The van der Waals surface area contributed by atoms with Gasteiger partial charge in [-0.3, -0.25) is 0 Å². The van der Waals surface area contributed by atoms with Crippen LogP contribution < -0.4 is 4.74 Å². The van der Waals surface area contributed by atoms with Crippen molar-refractivity contribution in [1.82, 2.24) is 0 Å². The highest BCUT2D eigenvalue weighted by atomic mass is 35.5. The number of halogens is 1. The molecule has 0 aliphatic carbocycles. The molecule has 100 valence electrons. The number of hydrogen-bond donors (Lipinski definition) is 1. The molecule has 0 fully saturated rings. The van der Waals surface area contributed by atoms with Crippen LogP contribution in [-0.4, -0.2) is 11.7 Å². The topological polar surface area (TPSA) is 29.5 Å². The second-order valence-electron chi connectivity index (χ2n) is 4.64. The molecular weight excluding hydrogens is 260 g/mol. The van der Waals surface area contributed by atoms with Crippen molar-refractivity contribution >= 4 is 11.6 Å². The summed E-state index contributed by atoms with van der Waals surface area (Å²) >= 11 is 5.61. The Labute approximate surface area is 118 Å². The minimum atomic E-state index is 0.291. The van der Waals surface area contributed by atoms with Crippen LogP contribution in [0.2, 0.25) is 5.02 Å². The molecule has 2 aromatic carbocycles. The predicted octanol–water partition coefficient (Wildman–Crippen LogP) is 4.28. The maximum atomic E-state index is 8.99. The SMILES string of the molecule is Cc1cc(Cl)ccc1O.Cc1ccc2c(c1)CCO2. The molecule has 2 aromatic rings. The summed E-state index contributed by atoms with van der Waals surface area (Å²) in [6.45, 7) is 4.78. The summed E-state index contributed by atoms with van der Waals surface area (Å²) in [7, 11) is 0. The van der Waals surface area contributed by atoms with E-state index in [-0.39, 0.29) is 0 Å². The number of aromatic hydroxyl groups is 1. The predicted molar refractivity (Wildman–Crippen MR) is 78.2 cm³/mol. The van der Waals surface area contributed by atoms with E-state index in [4.69, 9.17) is 21.4 Å². The first kappa shape index (κ1) is 13.8. The molecule has 3 rings (SSSR count). The Balaban J connectivity index is 0.000000141. The number of ether oxygens (including phenoxy) is 1. The van der Waals surface area contributed by atoms with Gasteiger partial charge in [0.1, 0.15) is 11.5 Å². The number of hydrogen-bond acceptors (Lipinski definition) is 2. The second kappa shape index (κ2) is 5.98. The normalized spacial score (nSPS) is 12.2. The van der Waals surface area contributed by atoms with E-state index in [9.17, 15) is 0 Å². The van der Waals surface area contributed by atoms with Crippen LogP contribution in [0, 0.1) is 13.8 Å². The highest BCUT2D eigenvalue weighted by molar-refractivity contribution is 6.30. The first-order valence-electron chi connectivity index (χ1n) is 6.24. The molecule has 0 radical (unpaired) electrons. The van der Waals surface area contributed by atoms with E-state index < -0.39 is 0 Å². The fourth-order valence-electron chi connectivity index (χ4n) is 1.93. The van der Waals surface area contributed by atoms with Crippen molar-refractivity contribution in [2.75, 3.05) is 6.61 Å². The summed E-state index contributed by atoms with van der Waals surface area (Å²) in [6.07, 6.45) is 1.08. The molecule has 0 atom stereocenters. The average molecular weight is 277 g/mol. The van der Waals surface area contributed by atoms with E-state index in [2.05, 4.69) is 25.1 Å². The molecule has 0 saturated heterocycles. The van der Waals surface area contributed by atoms with Crippen LogP contribution >= 0.6 is 11.6 Å². The first-order chi connectivity index (χ1) is 9.06. The largest absolute Gasteiger partial charge is 0.508 e. The van der Waals surface area contributed by atoms with Crippen LogP contribution in [0.1, 0.15) is 16.7 Å². The van der Waals surface area contributed by atoms with Crippen LogP contribution in [0.4, 0.5) is 0 Å². The Kier molecular flexibility index (Phi) is 4.33. The van der Waals surface area contributed by atoms with Gasteiger partial charge in [-0.15, -0.1) is 0 Å². The van der Waals surface area contributed by atoms with E-state index in [1.165, 1.54) is 11.1 Å². The summed E-state index contributed by atoms with van der Waals surface area (Å²) in [5.74, 6) is 1.37. The van der Waals surface area contributed by atoms with E-state index in [0.29, 0.717) is 10.8 Å². The van der Waals surface area contributed by atoms with Crippen molar-refractivity contribution in [1.29, 1.82) is 0 Å². The number of fused-ring (bicyclic) bond motifs is 1. The second-order valence-corrected chi connectivity index (χ2v) is 5.08. The lowest BCUT2D eigenvalue weighted by atomic mass is 10.1. The maximum absolute atomic E-state index is 8.99. The molecule has 0 unspecified atom stereocenters. The lowest BCUT2D eigenvalue weighted by molar-refractivity contribution is 0.357. The Morgan fingerprint density at radius 2 is 1.89 bits per heavy atom. The molecule has 0 spiro atoms. The fourth-order valence-corrected chi connectivity index (χ4v) is 2.16. The van der Waals surface area contributed by atoms with Crippen molar-refractivity contribution in [3.63, 3.8) is 0 Å². The van der Waals surface area contributed by atoms with Gasteiger partial charge in [-0.05, 0) is 49.2 Å². The van der Waals surface area contributed by atoms with Gasteiger partial charge in [-0.1, -0.05) is 29.3 Å². The van der Waals surface area contributed by atoms with Crippen molar-refractivity contribution in [2.24, 2.45) is 0 Å². The summed E-state index contributed by atoms with van der Waals surface area (Å²) in [6, 6.07) is 11.3. The molecule has 19 heavy (non-hydrogen) atoms. The number of rotatable bonds is 0. The molecule has 1 N–H and O–H groups in total. The monoisotopic (exact) mass is 276 g/mol. The number of phenols is 1. The molecular formula is C16H17ClO2. The van der Waals surface area contributed by atoms with Gasteiger partial charge in [-0.25, -0.2) is 0 Å².